The summed E-state index contributed by atoms with van der Waals surface area (Å²) in [5.74, 6) is 0.132. The van der Waals surface area contributed by atoms with E-state index in [9.17, 15) is 9.90 Å². The molecule has 1 heterocycles. The summed E-state index contributed by atoms with van der Waals surface area (Å²) in [6.07, 6.45) is 2.22. The molecule has 0 fully saturated rings. The number of ether oxygens (including phenoxy) is 1. The number of hydrogen-bond donors (Lipinski definition) is 1. The third-order valence-electron chi connectivity index (χ3n) is 2.98. The van der Waals surface area contributed by atoms with Gasteiger partial charge in [-0.05, 0) is 42.0 Å². The second kappa shape index (κ2) is 7.13. The number of aromatic nitrogens is 3. The molecular weight excluding hydrogens is 302 g/mol. The summed E-state index contributed by atoms with van der Waals surface area (Å²) in [5, 5.41) is 18.4. The van der Waals surface area contributed by atoms with Crippen molar-refractivity contribution in [1.29, 1.82) is 0 Å². The summed E-state index contributed by atoms with van der Waals surface area (Å²) < 4.78 is 5.24. The zero-order chi connectivity index (χ0) is 16.1. The number of aliphatic carboxylic acids is 1. The fraction of sp³-hybridized carbons (Fsp3) is 0.267. The molecule has 22 heavy (non-hydrogen) atoms. The second-order valence-corrected chi connectivity index (χ2v) is 5.55. The molecule has 0 aliphatic carbocycles. The highest BCUT2D eigenvalue weighted by Gasteiger charge is 2.08. The number of aryl methyl sites for hydroxylation is 2. The number of thioether (sulfide) groups is 1. The lowest BCUT2D eigenvalue weighted by molar-refractivity contribution is -0.297. The summed E-state index contributed by atoms with van der Waals surface area (Å²) in [7, 11) is 1.57. The number of benzene rings is 1. The van der Waals surface area contributed by atoms with Crippen molar-refractivity contribution in [3.05, 3.63) is 40.1 Å². The van der Waals surface area contributed by atoms with Crippen LogP contribution in [0.1, 0.15) is 23.9 Å². The first-order valence-corrected chi connectivity index (χ1v) is 7.52. The molecule has 0 aliphatic heterocycles. The van der Waals surface area contributed by atoms with Crippen LogP contribution >= 0.6 is 11.8 Å². The minimum Gasteiger partial charge on any atom is -0.544 e. The number of H-pyrrole nitrogens is 1. The van der Waals surface area contributed by atoms with Crippen LogP contribution in [-0.2, 0) is 11.2 Å². The molecule has 0 amide bonds. The number of nitrogens with zero attached hydrogens (tertiary/aromatic N) is 2. The first-order valence-electron chi connectivity index (χ1n) is 6.70. The van der Waals surface area contributed by atoms with Crippen molar-refractivity contribution in [3.8, 4) is 5.75 Å². The van der Waals surface area contributed by atoms with Gasteiger partial charge in [0.15, 0.2) is 0 Å². The summed E-state index contributed by atoms with van der Waals surface area (Å²) in [4.78, 5) is 15.5. The molecule has 2 rings (SSSR count). The molecule has 0 atom stereocenters. The predicted molar refractivity (Wildman–Crippen MR) is 82.3 cm³/mol. The molecule has 0 saturated heterocycles. The number of hydrogen-bond acceptors (Lipinski definition) is 6. The lowest BCUT2D eigenvalue weighted by Crippen LogP contribution is -2.23. The summed E-state index contributed by atoms with van der Waals surface area (Å²) in [5.41, 5.74) is 1.68. The highest BCUT2D eigenvalue weighted by Crippen LogP contribution is 2.27. The van der Waals surface area contributed by atoms with Crippen LogP contribution in [0.4, 0.5) is 0 Å². The van der Waals surface area contributed by atoms with Gasteiger partial charge in [0.05, 0.1) is 13.1 Å². The molecule has 1 N–H and O–H groups in total. The van der Waals surface area contributed by atoms with Crippen molar-refractivity contribution in [2.45, 2.75) is 25.4 Å². The van der Waals surface area contributed by atoms with E-state index in [1.807, 2.05) is 26.0 Å². The van der Waals surface area contributed by atoms with E-state index in [1.165, 1.54) is 6.08 Å². The van der Waals surface area contributed by atoms with E-state index in [0.717, 1.165) is 17.3 Å². The van der Waals surface area contributed by atoms with Crippen LogP contribution in [0.15, 0.2) is 28.3 Å². The standard InChI is InChI=1S/C15H17N3O3S/c1-4-13-16-15(18-17-13)22-12(14(19)20)8-10-6-5-9(2)11(7-10)21-3/h5-8H,4H2,1-3H3,(H,19,20)(H,16,17,18)/p-1/b12-8-. The van der Waals surface area contributed by atoms with Crippen molar-refractivity contribution in [3.63, 3.8) is 0 Å². The number of nitrogens with one attached hydrogen (secondary N) is 1. The Bertz CT molecular complexity index is 710. The topological polar surface area (TPSA) is 90.9 Å². The zero-order valence-electron chi connectivity index (χ0n) is 12.5. The molecule has 0 saturated carbocycles. The quantitative estimate of drug-likeness (QED) is 0.642. The van der Waals surface area contributed by atoms with Crippen molar-refractivity contribution in [1.82, 2.24) is 15.2 Å². The Morgan fingerprint density at radius 3 is 2.86 bits per heavy atom. The Morgan fingerprint density at radius 1 is 1.50 bits per heavy atom. The van der Waals surface area contributed by atoms with Gasteiger partial charge in [0.1, 0.15) is 11.6 Å². The van der Waals surface area contributed by atoms with E-state index in [-0.39, 0.29) is 4.91 Å². The van der Waals surface area contributed by atoms with Crippen molar-refractivity contribution in [2.24, 2.45) is 0 Å². The molecule has 0 aliphatic rings. The Morgan fingerprint density at radius 2 is 2.27 bits per heavy atom. The smallest absolute Gasteiger partial charge is 0.213 e. The van der Waals surface area contributed by atoms with Gasteiger partial charge in [0.25, 0.3) is 0 Å². The van der Waals surface area contributed by atoms with Crippen molar-refractivity contribution in [2.75, 3.05) is 7.11 Å². The van der Waals surface area contributed by atoms with Crippen LogP contribution in [-0.4, -0.2) is 28.3 Å². The average Bonchev–Trinajstić information content (AvgIpc) is 2.96. The maximum absolute atomic E-state index is 11.3. The summed E-state index contributed by atoms with van der Waals surface area (Å²) in [6.45, 7) is 3.85. The third-order valence-corrected chi connectivity index (χ3v) is 3.85. The van der Waals surface area contributed by atoms with Crippen molar-refractivity contribution >= 4 is 23.8 Å². The second-order valence-electron chi connectivity index (χ2n) is 4.55. The third kappa shape index (κ3) is 3.88. The number of rotatable bonds is 6. The van der Waals surface area contributed by atoms with Gasteiger partial charge in [-0.1, -0.05) is 19.1 Å². The highest BCUT2D eigenvalue weighted by molar-refractivity contribution is 8.04. The van der Waals surface area contributed by atoms with Crippen LogP contribution < -0.4 is 9.84 Å². The molecule has 1 aromatic carbocycles. The van der Waals surface area contributed by atoms with Gasteiger partial charge >= 0.3 is 0 Å². The molecule has 0 radical (unpaired) electrons. The first kappa shape index (κ1) is 16.1. The fourth-order valence-corrected chi connectivity index (χ4v) is 2.51. The van der Waals surface area contributed by atoms with Gasteiger partial charge in [0.2, 0.25) is 5.16 Å². The summed E-state index contributed by atoms with van der Waals surface area (Å²) >= 11 is 0.950. The normalized spacial score (nSPS) is 11.5. The first-order chi connectivity index (χ1) is 10.5. The van der Waals surface area contributed by atoms with Gasteiger partial charge in [-0.3, -0.25) is 5.10 Å². The Hall–Kier alpha value is -2.28. The van der Waals surface area contributed by atoms with E-state index in [1.54, 1.807) is 13.2 Å². The molecule has 0 spiro atoms. The van der Waals surface area contributed by atoms with E-state index in [2.05, 4.69) is 15.2 Å². The number of carbonyl (C=O) groups excluding carboxylic acids is 1. The van der Waals surface area contributed by atoms with Gasteiger partial charge in [-0.2, -0.15) is 0 Å². The number of carboxylic acids is 1. The van der Waals surface area contributed by atoms with E-state index >= 15 is 0 Å². The van der Waals surface area contributed by atoms with Crippen molar-refractivity contribution < 1.29 is 14.6 Å². The monoisotopic (exact) mass is 318 g/mol. The molecule has 1 aromatic heterocycles. The van der Waals surface area contributed by atoms with E-state index in [0.29, 0.717) is 28.7 Å². The summed E-state index contributed by atoms with van der Waals surface area (Å²) in [6, 6.07) is 5.45. The number of methoxy groups -OCH3 is 1. The molecule has 0 unspecified atom stereocenters. The van der Waals surface area contributed by atoms with Crippen LogP contribution in [0.5, 0.6) is 5.75 Å². The minimum atomic E-state index is -1.27. The number of carboxylic acid groups (broad SMARTS) is 1. The van der Waals surface area contributed by atoms with Crippen LogP contribution in [0, 0.1) is 6.92 Å². The molecular formula is C15H16N3O3S-. The Balaban J connectivity index is 2.28. The van der Waals surface area contributed by atoms with Gasteiger partial charge in [0, 0.05) is 11.3 Å². The molecule has 2 aromatic rings. The lowest BCUT2D eigenvalue weighted by atomic mass is 10.1. The van der Waals surface area contributed by atoms with Gasteiger partial charge in [-0.25, -0.2) is 4.98 Å². The highest BCUT2D eigenvalue weighted by atomic mass is 32.2. The Kier molecular flexibility index (Phi) is 5.21. The predicted octanol–water partition coefficient (Wildman–Crippen LogP) is 1.57. The lowest BCUT2D eigenvalue weighted by Gasteiger charge is -2.08. The molecule has 116 valence electrons. The van der Waals surface area contributed by atoms with Crippen LogP contribution in [0.2, 0.25) is 0 Å². The van der Waals surface area contributed by atoms with Gasteiger partial charge in [-0.15, -0.1) is 5.10 Å². The SMILES string of the molecule is CCc1nc(S/C(=C\c2ccc(C)c(OC)c2)C(=O)[O-])n[nH]1. The van der Waals surface area contributed by atoms with E-state index in [4.69, 9.17) is 4.74 Å². The maximum atomic E-state index is 11.3. The number of aromatic amines is 1. The number of carbonyl (C=O) groups is 1. The largest absolute Gasteiger partial charge is 0.544 e. The minimum absolute atomic E-state index is 0.0348. The zero-order valence-corrected chi connectivity index (χ0v) is 13.4. The average molecular weight is 318 g/mol. The van der Waals surface area contributed by atoms with E-state index < -0.39 is 5.97 Å². The Labute approximate surface area is 132 Å². The molecule has 7 heteroatoms. The molecule has 0 bridgehead atoms. The maximum Gasteiger partial charge on any atom is 0.213 e. The van der Waals surface area contributed by atoms with Crippen LogP contribution in [0.25, 0.3) is 6.08 Å². The molecule has 6 nitrogen and oxygen atoms in total. The van der Waals surface area contributed by atoms with Crippen LogP contribution in [0.3, 0.4) is 0 Å². The fourth-order valence-electron chi connectivity index (χ4n) is 1.79. The van der Waals surface area contributed by atoms with Gasteiger partial charge < -0.3 is 14.6 Å².